The summed E-state index contributed by atoms with van der Waals surface area (Å²) in [5.74, 6) is 0.331. The lowest BCUT2D eigenvalue weighted by atomic mass is 10.0. The molecule has 19 heavy (non-hydrogen) atoms. The van der Waals surface area contributed by atoms with Crippen LogP contribution in [-0.4, -0.2) is 11.0 Å². The molecule has 2 aromatic rings. The topological polar surface area (TPSA) is 48.1 Å². The van der Waals surface area contributed by atoms with Crippen LogP contribution in [-0.2, 0) is 0 Å². The highest BCUT2D eigenvalue weighted by Crippen LogP contribution is 2.25. The van der Waals surface area contributed by atoms with Gasteiger partial charge >= 0.3 is 0 Å². The summed E-state index contributed by atoms with van der Waals surface area (Å²) in [6.45, 7) is 1.85. The minimum atomic E-state index is -0.350. The normalized spacial score (nSPS) is 13.9. The van der Waals surface area contributed by atoms with Crippen LogP contribution in [0.1, 0.15) is 18.6 Å². The molecular formula is C14H14BrFN2O. The van der Waals surface area contributed by atoms with Gasteiger partial charge in [0.15, 0.2) is 0 Å². The Bertz CT molecular complexity index is 545. The molecule has 0 aliphatic heterocycles. The number of rotatable bonds is 4. The van der Waals surface area contributed by atoms with Gasteiger partial charge in [-0.05, 0) is 46.6 Å². The van der Waals surface area contributed by atoms with E-state index < -0.39 is 0 Å². The Kier molecular flexibility index (Phi) is 4.50. The quantitative estimate of drug-likeness (QED) is 0.937. The van der Waals surface area contributed by atoms with E-state index in [4.69, 9.17) is 10.5 Å². The number of aromatic nitrogens is 1. The second-order valence-electron chi connectivity index (χ2n) is 4.29. The van der Waals surface area contributed by atoms with Gasteiger partial charge < -0.3 is 10.5 Å². The fourth-order valence-corrected chi connectivity index (χ4v) is 2.08. The molecule has 1 aromatic carbocycles. The minimum absolute atomic E-state index is 0.232. The van der Waals surface area contributed by atoms with Crippen LogP contribution >= 0.6 is 15.9 Å². The molecule has 2 rings (SSSR count). The number of nitrogens with zero attached hydrogens (tertiary/aromatic N) is 1. The first-order valence-corrected chi connectivity index (χ1v) is 6.64. The number of halogens is 2. The predicted molar refractivity (Wildman–Crippen MR) is 75.4 cm³/mol. The number of nitrogens with two attached hydrogens (primary N) is 1. The van der Waals surface area contributed by atoms with Gasteiger partial charge in [0.2, 0.25) is 0 Å². The van der Waals surface area contributed by atoms with Crippen molar-refractivity contribution in [1.82, 2.24) is 4.98 Å². The largest absolute Gasteiger partial charge is 0.482 e. The van der Waals surface area contributed by atoms with Crippen molar-refractivity contribution in [3.8, 4) is 5.75 Å². The zero-order chi connectivity index (χ0) is 13.8. The van der Waals surface area contributed by atoms with Gasteiger partial charge in [0.05, 0.1) is 6.20 Å². The molecule has 0 saturated heterocycles. The van der Waals surface area contributed by atoms with Crippen LogP contribution in [0.5, 0.6) is 5.75 Å². The first-order valence-electron chi connectivity index (χ1n) is 5.84. The van der Waals surface area contributed by atoms with Gasteiger partial charge in [-0.1, -0.05) is 12.1 Å². The SMILES string of the molecule is CC(N)C(Oc1cncc(Br)c1)c1ccc(F)cc1. The average Bonchev–Trinajstić information content (AvgIpc) is 2.37. The molecule has 1 heterocycles. The lowest BCUT2D eigenvalue weighted by Crippen LogP contribution is -2.29. The maximum absolute atomic E-state index is 12.9. The summed E-state index contributed by atoms with van der Waals surface area (Å²) in [4.78, 5) is 4.03. The Hall–Kier alpha value is -1.46. The van der Waals surface area contributed by atoms with Crippen LogP contribution in [0, 0.1) is 5.82 Å². The minimum Gasteiger partial charge on any atom is -0.482 e. The molecule has 2 atom stereocenters. The molecule has 3 nitrogen and oxygen atoms in total. The lowest BCUT2D eigenvalue weighted by molar-refractivity contribution is 0.179. The summed E-state index contributed by atoms with van der Waals surface area (Å²) in [5.41, 5.74) is 6.77. The van der Waals surface area contributed by atoms with E-state index in [0.29, 0.717) is 5.75 Å². The third kappa shape index (κ3) is 3.75. The molecule has 0 aliphatic carbocycles. The maximum atomic E-state index is 12.9. The summed E-state index contributed by atoms with van der Waals surface area (Å²) in [5, 5.41) is 0. The van der Waals surface area contributed by atoms with Crippen molar-refractivity contribution < 1.29 is 9.13 Å². The molecule has 2 unspecified atom stereocenters. The highest BCUT2D eigenvalue weighted by atomic mass is 79.9. The Labute approximate surface area is 119 Å². The Morgan fingerprint density at radius 1 is 1.26 bits per heavy atom. The van der Waals surface area contributed by atoms with Crippen LogP contribution in [0.25, 0.3) is 0 Å². The first kappa shape index (κ1) is 14.0. The van der Waals surface area contributed by atoms with E-state index >= 15 is 0 Å². The lowest BCUT2D eigenvalue weighted by Gasteiger charge is -2.22. The molecule has 0 fully saturated rings. The second kappa shape index (κ2) is 6.12. The standard InChI is InChI=1S/C14H14BrFN2O/c1-9(17)14(10-2-4-12(16)5-3-10)19-13-6-11(15)7-18-8-13/h2-9,14H,17H2,1H3. The van der Waals surface area contributed by atoms with Crippen molar-refractivity contribution in [3.05, 3.63) is 58.6 Å². The van der Waals surface area contributed by atoms with E-state index in [1.807, 2.05) is 13.0 Å². The fourth-order valence-electron chi connectivity index (χ4n) is 1.73. The molecular weight excluding hydrogens is 311 g/mol. The number of hydrogen-bond donors (Lipinski definition) is 1. The van der Waals surface area contributed by atoms with Crippen molar-refractivity contribution in [2.75, 3.05) is 0 Å². The van der Waals surface area contributed by atoms with Crippen molar-refractivity contribution >= 4 is 15.9 Å². The van der Waals surface area contributed by atoms with Gasteiger partial charge in [0.25, 0.3) is 0 Å². The predicted octanol–water partition coefficient (Wildman–Crippen LogP) is 3.45. The first-order chi connectivity index (χ1) is 9.06. The van der Waals surface area contributed by atoms with E-state index in [1.54, 1.807) is 24.5 Å². The Morgan fingerprint density at radius 3 is 2.53 bits per heavy atom. The third-order valence-electron chi connectivity index (χ3n) is 2.62. The molecule has 0 amide bonds. The molecule has 0 bridgehead atoms. The molecule has 2 N–H and O–H groups in total. The van der Waals surface area contributed by atoms with E-state index in [2.05, 4.69) is 20.9 Å². The van der Waals surface area contributed by atoms with Crippen molar-refractivity contribution in [2.24, 2.45) is 5.73 Å². The second-order valence-corrected chi connectivity index (χ2v) is 5.20. The van der Waals surface area contributed by atoms with Crippen LogP contribution < -0.4 is 10.5 Å². The number of hydrogen-bond acceptors (Lipinski definition) is 3. The van der Waals surface area contributed by atoms with E-state index in [0.717, 1.165) is 10.0 Å². The molecule has 0 spiro atoms. The zero-order valence-corrected chi connectivity index (χ0v) is 12.0. The zero-order valence-electron chi connectivity index (χ0n) is 10.4. The monoisotopic (exact) mass is 324 g/mol. The van der Waals surface area contributed by atoms with Crippen LogP contribution in [0.4, 0.5) is 4.39 Å². The summed E-state index contributed by atoms with van der Waals surface area (Å²) in [6.07, 6.45) is 2.94. The van der Waals surface area contributed by atoms with E-state index in [1.165, 1.54) is 12.1 Å². The summed E-state index contributed by atoms with van der Waals surface area (Å²) in [7, 11) is 0. The van der Waals surface area contributed by atoms with Gasteiger partial charge in [-0.2, -0.15) is 0 Å². The van der Waals surface area contributed by atoms with Gasteiger partial charge in [-0.25, -0.2) is 4.39 Å². The summed E-state index contributed by atoms with van der Waals surface area (Å²) < 4.78 is 19.6. The van der Waals surface area contributed by atoms with Gasteiger partial charge in [-0.15, -0.1) is 0 Å². The smallest absolute Gasteiger partial charge is 0.139 e. The molecule has 0 aliphatic rings. The van der Waals surface area contributed by atoms with Crippen molar-refractivity contribution in [1.29, 1.82) is 0 Å². The molecule has 0 radical (unpaired) electrons. The highest BCUT2D eigenvalue weighted by Gasteiger charge is 2.18. The third-order valence-corrected chi connectivity index (χ3v) is 3.05. The number of benzene rings is 1. The van der Waals surface area contributed by atoms with E-state index in [9.17, 15) is 4.39 Å². The Morgan fingerprint density at radius 2 is 1.95 bits per heavy atom. The molecule has 100 valence electrons. The number of ether oxygens (including phenoxy) is 1. The van der Waals surface area contributed by atoms with Crippen molar-refractivity contribution in [2.45, 2.75) is 19.1 Å². The summed E-state index contributed by atoms with van der Waals surface area (Å²) in [6, 6.07) is 7.72. The van der Waals surface area contributed by atoms with Crippen LogP contribution in [0.3, 0.4) is 0 Å². The summed E-state index contributed by atoms with van der Waals surface area (Å²) >= 11 is 3.33. The van der Waals surface area contributed by atoms with Gasteiger partial charge in [-0.3, -0.25) is 4.98 Å². The Balaban J connectivity index is 2.23. The highest BCUT2D eigenvalue weighted by molar-refractivity contribution is 9.10. The maximum Gasteiger partial charge on any atom is 0.139 e. The number of pyridine rings is 1. The molecule has 1 aromatic heterocycles. The van der Waals surface area contributed by atoms with E-state index in [-0.39, 0.29) is 18.0 Å². The average molecular weight is 325 g/mol. The molecule has 0 saturated carbocycles. The van der Waals surface area contributed by atoms with Crippen LogP contribution in [0.15, 0.2) is 47.2 Å². The van der Waals surface area contributed by atoms with Gasteiger partial charge in [0.1, 0.15) is 17.7 Å². The van der Waals surface area contributed by atoms with Gasteiger partial charge in [0, 0.05) is 16.7 Å². The van der Waals surface area contributed by atoms with Crippen LogP contribution in [0.2, 0.25) is 0 Å². The fraction of sp³-hybridized carbons (Fsp3) is 0.214. The molecule has 5 heteroatoms. The van der Waals surface area contributed by atoms with Crippen molar-refractivity contribution in [3.63, 3.8) is 0 Å².